The summed E-state index contributed by atoms with van der Waals surface area (Å²) in [6.07, 6.45) is 1.69. The first-order chi connectivity index (χ1) is 19.0. The average molecular weight is 519 g/mol. The van der Waals surface area contributed by atoms with Crippen molar-refractivity contribution in [3.63, 3.8) is 0 Å². The molecule has 0 aliphatic heterocycles. The number of para-hydroxylation sites is 2. The van der Waals surface area contributed by atoms with Gasteiger partial charge in [-0.25, -0.2) is 4.79 Å². The molecule has 1 aromatic heterocycles. The van der Waals surface area contributed by atoms with Crippen LogP contribution in [0.1, 0.15) is 18.0 Å². The summed E-state index contributed by atoms with van der Waals surface area (Å²) < 4.78 is 11.9. The molecule has 1 atom stereocenters. The number of aromatic nitrogens is 1. The van der Waals surface area contributed by atoms with Crippen LogP contribution in [0, 0.1) is 0 Å². The van der Waals surface area contributed by atoms with E-state index in [1.807, 2.05) is 60.7 Å². The number of hydrogen-bond donors (Lipinski definition) is 3. The lowest BCUT2D eigenvalue weighted by atomic mass is 10.0. The number of carbonyl (C=O) groups excluding carboxylic acids is 2. The van der Waals surface area contributed by atoms with Crippen LogP contribution in [0.25, 0.3) is 10.9 Å². The normalized spacial score (nSPS) is 11.4. The lowest BCUT2D eigenvalue weighted by Gasteiger charge is -2.19. The Bertz CT molecular complexity index is 1580. The first kappa shape index (κ1) is 25.3. The number of nitrogens with one attached hydrogen (secondary N) is 2. The highest BCUT2D eigenvalue weighted by Crippen LogP contribution is 2.30. The van der Waals surface area contributed by atoms with E-state index in [-0.39, 0.29) is 12.3 Å². The fourth-order valence-corrected chi connectivity index (χ4v) is 4.13. The van der Waals surface area contributed by atoms with Crippen molar-refractivity contribution in [1.82, 2.24) is 10.3 Å². The Morgan fingerprint density at radius 2 is 1.49 bits per heavy atom. The van der Waals surface area contributed by atoms with Crippen LogP contribution in [-0.4, -0.2) is 16.9 Å². The Morgan fingerprint density at radius 3 is 2.28 bits per heavy atom. The lowest BCUT2D eigenvalue weighted by Crippen LogP contribution is -2.35. The summed E-state index contributed by atoms with van der Waals surface area (Å²) in [5.41, 5.74) is 7.44. The molecule has 3 amide bonds. The monoisotopic (exact) mass is 518 g/mol. The molecule has 0 spiro atoms. The number of urea groups is 1. The number of ether oxygens (including phenoxy) is 2. The molecular formula is C31H26N4O4. The number of pyridine rings is 1. The summed E-state index contributed by atoms with van der Waals surface area (Å²) in [6, 6.07) is 31.7. The standard InChI is InChI=1S/C31H26N4O4/c32-31(37)35-27(22-8-4-12-26(19-22)38-24-10-2-1-3-11-24)20-29(36)34-23-14-16-25(17-15-23)39-28-13-5-7-21-9-6-18-33-30(21)28/h1-19,27H,20H2,(H,34,36)(H3,32,35,37). The van der Waals surface area contributed by atoms with Crippen molar-refractivity contribution >= 4 is 28.5 Å². The number of hydrogen-bond acceptors (Lipinski definition) is 5. The van der Waals surface area contributed by atoms with Gasteiger partial charge in [-0.1, -0.05) is 48.5 Å². The van der Waals surface area contributed by atoms with Crippen LogP contribution in [0.3, 0.4) is 0 Å². The van der Waals surface area contributed by atoms with Gasteiger partial charge in [-0.2, -0.15) is 0 Å². The Labute approximate surface area is 225 Å². The number of rotatable bonds is 9. The minimum absolute atomic E-state index is 0.0301. The topological polar surface area (TPSA) is 116 Å². The van der Waals surface area contributed by atoms with Gasteiger partial charge in [0.05, 0.1) is 12.5 Å². The maximum Gasteiger partial charge on any atom is 0.312 e. The van der Waals surface area contributed by atoms with E-state index in [1.165, 1.54) is 0 Å². The summed E-state index contributed by atoms with van der Waals surface area (Å²) in [6.45, 7) is 0. The van der Waals surface area contributed by atoms with Crippen molar-refractivity contribution in [2.45, 2.75) is 12.5 Å². The average Bonchev–Trinajstić information content (AvgIpc) is 2.94. The van der Waals surface area contributed by atoms with Crippen molar-refractivity contribution in [2.24, 2.45) is 5.73 Å². The maximum atomic E-state index is 12.9. The largest absolute Gasteiger partial charge is 0.457 e. The molecule has 5 rings (SSSR count). The molecule has 0 radical (unpaired) electrons. The summed E-state index contributed by atoms with van der Waals surface area (Å²) in [4.78, 5) is 29.0. The minimum atomic E-state index is -0.730. The van der Waals surface area contributed by atoms with E-state index in [0.29, 0.717) is 34.2 Å². The molecule has 0 saturated carbocycles. The lowest BCUT2D eigenvalue weighted by molar-refractivity contribution is -0.116. The first-order valence-electron chi connectivity index (χ1n) is 12.3. The van der Waals surface area contributed by atoms with Gasteiger partial charge in [0.1, 0.15) is 22.8 Å². The molecule has 4 aromatic carbocycles. The molecule has 0 aliphatic rings. The zero-order valence-electron chi connectivity index (χ0n) is 20.9. The molecule has 1 heterocycles. The number of nitrogens with two attached hydrogens (primary N) is 1. The zero-order valence-corrected chi connectivity index (χ0v) is 20.9. The quantitative estimate of drug-likeness (QED) is 0.204. The van der Waals surface area contributed by atoms with Gasteiger partial charge in [0, 0.05) is 17.3 Å². The smallest absolute Gasteiger partial charge is 0.312 e. The molecule has 5 aromatic rings. The third kappa shape index (κ3) is 6.69. The molecule has 0 aliphatic carbocycles. The number of carbonyl (C=O) groups is 2. The molecule has 0 saturated heterocycles. The highest BCUT2D eigenvalue weighted by atomic mass is 16.5. The molecule has 1 unspecified atom stereocenters. The van der Waals surface area contributed by atoms with Crippen molar-refractivity contribution in [1.29, 1.82) is 0 Å². The number of primary amides is 1. The Morgan fingerprint density at radius 1 is 0.769 bits per heavy atom. The predicted molar refractivity (Wildman–Crippen MR) is 150 cm³/mol. The number of anilines is 1. The Balaban J connectivity index is 1.24. The fourth-order valence-electron chi connectivity index (χ4n) is 4.13. The summed E-state index contributed by atoms with van der Waals surface area (Å²) in [5, 5.41) is 6.49. The highest BCUT2D eigenvalue weighted by Gasteiger charge is 2.19. The predicted octanol–water partition coefficient (Wildman–Crippen LogP) is 6.56. The molecule has 0 fully saturated rings. The zero-order chi connectivity index (χ0) is 27.0. The first-order valence-corrected chi connectivity index (χ1v) is 12.3. The van der Waals surface area contributed by atoms with E-state index in [2.05, 4.69) is 15.6 Å². The number of fused-ring (bicyclic) bond motifs is 1. The molecule has 8 nitrogen and oxygen atoms in total. The fraction of sp³-hybridized carbons (Fsp3) is 0.0645. The molecule has 8 heteroatoms. The van der Waals surface area contributed by atoms with Crippen LogP contribution in [0.2, 0.25) is 0 Å². The second-order valence-electron chi connectivity index (χ2n) is 8.76. The molecular weight excluding hydrogens is 492 g/mol. The maximum absolute atomic E-state index is 12.9. The molecule has 4 N–H and O–H groups in total. The van der Waals surface area contributed by atoms with Crippen molar-refractivity contribution < 1.29 is 19.1 Å². The number of benzene rings is 4. The van der Waals surface area contributed by atoms with E-state index < -0.39 is 12.1 Å². The van der Waals surface area contributed by atoms with Crippen molar-refractivity contribution in [3.05, 3.63) is 121 Å². The van der Waals surface area contributed by atoms with Crippen molar-refractivity contribution in [3.8, 4) is 23.0 Å². The van der Waals surface area contributed by atoms with Crippen LogP contribution in [0.5, 0.6) is 23.0 Å². The Hall–Kier alpha value is -5.37. The van der Waals surface area contributed by atoms with E-state index in [9.17, 15) is 9.59 Å². The van der Waals surface area contributed by atoms with Crippen LogP contribution >= 0.6 is 0 Å². The van der Waals surface area contributed by atoms with E-state index in [1.54, 1.807) is 54.7 Å². The molecule has 194 valence electrons. The third-order valence-corrected chi connectivity index (χ3v) is 5.91. The van der Waals surface area contributed by atoms with Gasteiger partial charge in [-0.3, -0.25) is 9.78 Å². The van der Waals surface area contributed by atoms with Gasteiger partial charge in [-0.05, 0) is 66.2 Å². The van der Waals surface area contributed by atoms with Crippen molar-refractivity contribution in [2.75, 3.05) is 5.32 Å². The van der Waals surface area contributed by atoms with Gasteiger partial charge in [0.25, 0.3) is 0 Å². The Kier molecular flexibility index (Phi) is 7.64. The van der Waals surface area contributed by atoms with Crippen LogP contribution in [0.4, 0.5) is 10.5 Å². The van der Waals surface area contributed by atoms with Crippen LogP contribution in [-0.2, 0) is 4.79 Å². The van der Waals surface area contributed by atoms with Crippen LogP contribution < -0.4 is 25.8 Å². The molecule has 0 bridgehead atoms. The summed E-state index contributed by atoms with van der Waals surface area (Å²) in [5.74, 6) is 2.21. The SMILES string of the molecule is NC(=O)NC(CC(=O)Nc1ccc(Oc2cccc3cccnc23)cc1)c1cccc(Oc2ccccc2)c1. The second-order valence-corrected chi connectivity index (χ2v) is 8.76. The summed E-state index contributed by atoms with van der Waals surface area (Å²) >= 11 is 0. The molecule has 39 heavy (non-hydrogen) atoms. The van der Waals surface area contributed by atoms with Gasteiger partial charge in [0.2, 0.25) is 5.91 Å². The van der Waals surface area contributed by atoms with Gasteiger partial charge in [-0.15, -0.1) is 0 Å². The number of nitrogens with zero attached hydrogens (tertiary/aromatic N) is 1. The van der Waals surface area contributed by atoms with Gasteiger partial charge in [0.15, 0.2) is 5.75 Å². The van der Waals surface area contributed by atoms with Crippen LogP contribution in [0.15, 0.2) is 115 Å². The highest BCUT2D eigenvalue weighted by molar-refractivity contribution is 5.91. The second kappa shape index (κ2) is 11.8. The number of amides is 3. The van der Waals surface area contributed by atoms with Gasteiger partial charge >= 0.3 is 6.03 Å². The van der Waals surface area contributed by atoms with E-state index in [0.717, 1.165) is 10.9 Å². The minimum Gasteiger partial charge on any atom is -0.457 e. The van der Waals surface area contributed by atoms with E-state index in [4.69, 9.17) is 15.2 Å². The van der Waals surface area contributed by atoms with Gasteiger partial charge < -0.3 is 25.8 Å². The van der Waals surface area contributed by atoms with E-state index >= 15 is 0 Å². The summed E-state index contributed by atoms with van der Waals surface area (Å²) in [7, 11) is 0. The third-order valence-electron chi connectivity index (χ3n) is 5.91.